The molecule has 2 heterocycles. The van der Waals surface area contributed by atoms with Crippen LogP contribution in [0.1, 0.15) is 35.1 Å². The largest absolute Gasteiger partial charge is 0.299 e. The molecule has 31 heavy (non-hydrogen) atoms. The molecule has 0 saturated carbocycles. The maximum absolute atomic E-state index is 6.46. The summed E-state index contributed by atoms with van der Waals surface area (Å²) >= 11 is 6.46. The second-order valence-electron chi connectivity index (χ2n) is 8.11. The Kier molecular flexibility index (Phi) is 5.58. The Hall–Kier alpha value is -2.95. The number of halogens is 1. The topological polar surface area (TPSA) is 34.0 Å². The average Bonchev–Trinajstić information content (AvgIpc) is 3.51. The highest BCUT2D eigenvalue weighted by atomic mass is 35.5. The standard InChI is InChI=1S/C26H25ClN4/c27-25-10-6-9-24(17-25)26(31-20-28-19-29-31,22-7-2-1-3-8-22)23-13-11-21(12-14-23)18-30-15-4-5-16-30/h1-3,6-14,17,19-20H,4-5,15-16,18H2. The Labute approximate surface area is 188 Å². The van der Waals surface area contributed by atoms with E-state index in [1.807, 2.05) is 28.9 Å². The smallest absolute Gasteiger partial charge is 0.139 e. The van der Waals surface area contributed by atoms with Gasteiger partial charge in [0.25, 0.3) is 0 Å². The quantitative estimate of drug-likeness (QED) is 0.387. The molecule has 0 bridgehead atoms. The Morgan fingerprint density at radius 2 is 1.52 bits per heavy atom. The van der Waals surface area contributed by atoms with Crippen molar-refractivity contribution in [2.75, 3.05) is 13.1 Å². The van der Waals surface area contributed by atoms with Crippen LogP contribution in [-0.2, 0) is 12.1 Å². The van der Waals surface area contributed by atoms with E-state index in [2.05, 4.69) is 69.6 Å². The van der Waals surface area contributed by atoms with Crippen LogP contribution in [0.2, 0.25) is 5.02 Å². The molecule has 1 aliphatic heterocycles. The van der Waals surface area contributed by atoms with Crippen LogP contribution in [0.15, 0.2) is 91.5 Å². The van der Waals surface area contributed by atoms with Gasteiger partial charge in [0.05, 0.1) is 0 Å². The van der Waals surface area contributed by atoms with Crippen molar-refractivity contribution in [3.05, 3.63) is 119 Å². The highest BCUT2D eigenvalue weighted by molar-refractivity contribution is 6.30. The van der Waals surface area contributed by atoms with Crippen LogP contribution in [0.25, 0.3) is 0 Å². The monoisotopic (exact) mass is 428 g/mol. The molecule has 1 aliphatic rings. The summed E-state index contributed by atoms with van der Waals surface area (Å²) in [5.41, 5.74) is 3.93. The van der Waals surface area contributed by atoms with E-state index in [-0.39, 0.29) is 0 Å². The lowest BCUT2D eigenvalue weighted by atomic mass is 9.77. The lowest BCUT2D eigenvalue weighted by molar-refractivity contribution is 0.331. The second kappa shape index (κ2) is 8.66. The van der Waals surface area contributed by atoms with Crippen molar-refractivity contribution in [1.29, 1.82) is 0 Å². The van der Waals surface area contributed by atoms with Gasteiger partial charge < -0.3 is 0 Å². The Bertz CT molecular complexity index is 1120. The average molecular weight is 429 g/mol. The molecule has 1 unspecified atom stereocenters. The van der Waals surface area contributed by atoms with Crippen molar-refractivity contribution >= 4 is 11.6 Å². The van der Waals surface area contributed by atoms with E-state index in [0.29, 0.717) is 5.02 Å². The summed E-state index contributed by atoms with van der Waals surface area (Å²) in [5.74, 6) is 0. The molecule has 0 radical (unpaired) electrons. The highest BCUT2D eigenvalue weighted by Gasteiger charge is 2.39. The Morgan fingerprint density at radius 1 is 0.806 bits per heavy atom. The van der Waals surface area contributed by atoms with Crippen LogP contribution in [0.5, 0.6) is 0 Å². The number of nitrogens with zero attached hydrogens (tertiary/aromatic N) is 4. The second-order valence-corrected chi connectivity index (χ2v) is 8.54. The summed E-state index contributed by atoms with van der Waals surface area (Å²) in [6, 6.07) is 27.4. The molecular formula is C26H25ClN4. The third-order valence-electron chi connectivity index (χ3n) is 6.17. The van der Waals surface area contributed by atoms with E-state index in [1.165, 1.54) is 31.5 Å². The van der Waals surface area contributed by atoms with Gasteiger partial charge in [-0.25, -0.2) is 9.67 Å². The predicted octanol–water partition coefficient (Wildman–Crippen LogP) is 5.37. The molecule has 4 nitrogen and oxygen atoms in total. The van der Waals surface area contributed by atoms with Crippen molar-refractivity contribution in [1.82, 2.24) is 19.7 Å². The molecule has 5 rings (SSSR count). The van der Waals surface area contributed by atoms with Gasteiger partial charge in [-0.1, -0.05) is 78.3 Å². The van der Waals surface area contributed by atoms with Gasteiger partial charge in [0, 0.05) is 11.6 Å². The summed E-state index contributed by atoms with van der Waals surface area (Å²) in [5, 5.41) is 5.31. The maximum atomic E-state index is 6.46. The molecule has 0 spiro atoms. The molecule has 1 saturated heterocycles. The van der Waals surface area contributed by atoms with Crippen LogP contribution in [0, 0.1) is 0 Å². The number of rotatable bonds is 6. The summed E-state index contributed by atoms with van der Waals surface area (Å²) < 4.78 is 1.93. The number of benzene rings is 3. The molecule has 5 heteroatoms. The van der Waals surface area contributed by atoms with Crippen LogP contribution >= 0.6 is 11.6 Å². The molecule has 4 aromatic rings. The minimum absolute atomic E-state index is 0.672. The minimum Gasteiger partial charge on any atom is -0.299 e. The van der Waals surface area contributed by atoms with Gasteiger partial charge in [-0.3, -0.25) is 4.90 Å². The molecule has 1 atom stereocenters. The van der Waals surface area contributed by atoms with Crippen LogP contribution in [-0.4, -0.2) is 32.8 Å². The lowest BCUT2D eigenvalue weighted by Gasteiger charge is -2.36. The molecule has 3 aromatic carbocycles. The highest BCUT2D eigenvalue weighted by Crippen LogP contribution is 2.41. The van der Waals surface area contributed by atoms with E-state index < -0.39 is 5.54 Å². The first-order chi connectivity index (χ1) is 15.3. The van der Waals surface area contributed by atoms with Gasteiger partial charge in [-0.2, -0.15) is 5.10 Å². The fourth-order valence-corrected chi connectivity index (χ4v) is 4.91. The summed E-state index contributed by atoms with van der Waals surface area (Å²) in [6.45, 7) is 3.38. The van der Waals surface area contributed by atoms with Crippen molar-refractivity contribution in [2.45, 2.75) is 24.9 Å². The predicted molar refractivity (Wildman–Crippen MR) is 124 cm³/mol. The Balaban J connectivity index is 1.68. The van der Waals surface area contributed by atoms with Gasteiger partial charge >= 0.3 is 0 Å². The molecule has 0 aliphatic carbocycles. The summed E-state index contributed by atoms with van der Waals surface area (Å²) in [4.78, 5) is 6.81. The number of hydrogen-bond donors (Lipinski definition) is 0. The first-order valence-corrected chi connectivity index (χ1v) is 11.1. The first kappa shape index (κ1) is 20.0. The van der Waals surface area contributed by atoms with Crippen LogP contribution in [0.3, 0.4) is 0 Å². The van der Waals surface area contributed by atoms with Gasteiger partial charge in [-0.05, 0) is 60.3 Å². The van der Waals surface area contributed by atoms with Gasteiger partial charge in [0.1, 0.15) is 18.2 Å². The maximum Gasteiger partial charge on any atom is 0.139 e. The Morgan fingerprint density at radius 3 is 2.19 bits per heavy atom. The normalized spacial score (nSPS) is 16.3. The summed E-state index contributed by atoms with van der Waals surface area (Å²) in [6.07, 6.45) is 5.97. The summed E-state index contributed by atoms with van der Waals surface area (Å²) in [7, 11) is 0. The van der Waals surface area contributed by atoms with E-state index in [4.69, 9.17) is 11.6 Å². The minimum atomic E-state index is -0.672. The van der Waals surface area contributed by atoms with Crippen LogP contribution < -0.4 is 0 Å². The third kappa shape index (κ3) is 3.78. The first-order valence-electron chi connectivity index (χ1n) is 10.8. The fraction of sp³-hybridized carbons (Fsp3) is 0.231. The van der Waals surface area contributed by atoms with Crippen molar-refractivity contribution < 1.29 is 0 Å². The lowest BCUT2D eigenvalue weighted by Crippen LogP contribution is -2.38. The fourth-order valence-electron chi connectivity index (χ4n) is 4.72. The molecule has 1 fully saturated rings. The third-order valence-corrected chi connectivity index (χ3v) is 6.41. The zero-order valence-corrected chi connectivity index (χ0v) is 18.1. The van der Waals surface area contributed by atoms with Gasteiger partial charge in [0.15, 0.2) is 0 Å². The van der Waals surface area contributed by atoms with E-state index in [0.717, 1.165) is 23.2 Å². The van der Waals surface area contributed by atoms with E-state index in [1.54, 1.807) is 12.7 Å². The van der Waals surface area contributed by atoms with Gasteiger partial charge in [-0.15, -0.1) is 0 Å². The SMILES string of the molecule is Clc1cccc(C(c2ccccc2)(c2ccc(CN3CCCC3)cc2)n2cncn2)c1. The number of likely N-dealkylation sites (tertiary alicyclic amines) is 1. The zero-order chi connectivity index (χ0) is 21.1. The molecule has 0 amide bonds. The van der Waals surface area contributed by atoms with Gasteiger partial charge in [0.2, 0.25) is 0 Å². The number of aromatic nitrogens is 3. The molecule has 156 valence electrons. The number of hydrogen-bond acceptors (Lipinski definition) is 3. The van der Waals surface area contributed by atoms with E-state index in [9.17, 15) is 0 Å². The molecule has 0 N–H and O–H groups in total. The van der Waals surface area contributed by atoms with Crippen molar-refractivity contribution in [3.63, 3.8) is 0 Å². The van der Waals surface area contributed by atoms with Crippen molar-refractivity contribution in [2.24, 2.45) is 0 Å². The molecule has 1 aromatic heterocycles. The zero-order valence-electron chi connectivity index (χ0n) is 17.4. The van der Waals surface area contributed by atoms with E-state index >= 15 is 0 Å². The van der Waals surface area contributed by atoms with Crippen molar-refractivity contribution in [3.8, 4) is 0 Å². The molecular weight excluding hydrogens is 404 g/mol. The van der Waals surface area contributed by atoms with Crippen LogP contribution in [0.4, 0.5) is 0 Å².